The molecule has 0 unspecified atom stereocenters. The Morgan fingerprint density at radius 3 is 2.75 bits per heavy atom. The second kappa shape index (κ2) is 6.52. The van der Waals surface area contributed by atoms with E-state index in [9.17, 15) is 10.2 Å². The number of nitrogens with zero attached hydrogens (tertiary/aromatic N) is 1. The monoisotopic (exact) mass is 280 g/mol. The molecule has 5 nitrogen and oxygen atoms in total. The fourth-order valence-corrected chi connectivity index (χ4v) is 2.55. The van der Waals surface area contributed by atoms with E-state index in [1.165, 1.54) is 0 Å². The zero-order valence-corrected chi connectivity index (χ0v) is 12.3. The molecule has 1 aromatic heterocycles. The highest BCUT2D eigenvalue weighted by Gasteiger charge is 2.27. The van der Waals surface area contributed by atoms with Gasteiger partial charge in [0.15, 0.2) is 0 Å². The first-order chi connectivity index (χ1) is 9.56. The molecule has 2 rings (SSSR count). The van der Waals surface area contributed by atoms with Gasteiger partial charge in [-0.2, -0.15) is 0 Å². The van der Waals surface area contributed by atoms with Gasteiger partial charge in [-0.25, -0.2) is 0 Å². The lowest BCUT2D eigenvalue weighted by molar-refractivity contribution is 0.0239. The van der Waals surface area contributed by atoms with Crippen molar-refractivity contribution in [1.82, 2.24) is 10.3 Å². The first-order valence-corrected chi connectivity index (χ1v) is 7.11. The Hall–Kier alpha value is -1.17. The van der Waals surface area contributed by atoms with E-state index >= 15 is 0 Å². The molecule has 0 atom stereocenters. The molecule has 0 amide bonds. The van der Waals surface area contributed by atoms with Crippen LogP contribution in [0.25, 0.3) is 0 Å². The minimum atomic E-state index is -0.108. The van der Waals surface area contributed by atoms with E-state index in [0.29, 0.717) is 17.8 Å². The summed E-state index contributed by atoms with van der Waals surface area (Å²) in [4.78, 5) is 4.07. The van der Waals surface area contributed by atoms with Crippen molar-refractivity contribution in [3.63, 3.8) is 0 Å². The molecule has 1 saturated heterocycles. The first-order valence-electron chi connectivity index (χ1n) is 7.11. The predicted molar refractivity (Wildman–Crippen MR) is 76.4 cm³/mol. The number of aryl methyl sites for hydroxylation is 1. The summed E-state index contributed by atoms with van der Waals surface area (Å²) in [6.07, 6.45) is 3.73. The summed E-state index contributed by atoms with van der Waals surface area (Å²) < 4.78 is 5.39. The number of aliphatic hydroxyl groups excluding tert-OH is 1. The number of nitrogens with one attached hydrogen (secondary N) is 1. The number of ether oxygens (including phenoxy) is 1. The van der Waals surface area contributed by atoms with Gasteiger partial charge in [0.2, 0.25) is 0 Å². The summed E-state index contributed by atoms with van der Waals surface area (Å²) in [7, 11) is 0. The van der Waals surface area contributed by atoms with E-state index in [4.69, 9.17) is 4.74 Å². The van der Waals surface area contributed by atoms with Crippen LogP contribution in [0.3, 0.4) is 0 Å². The number of rotatable bonds is 5. The molecule has 1 aliphatic rings. The maximum absolute atomic E-state index is 10.1. The average molecular weight is 280 g/mol. The lowest BCUT2D eigenvalue weighted by atomic mass is 9.82. The van der Waals surface area contributed by atoms with Gasteiger partial charge >= 0.3 is 0 Å². The maximum Gasteiger partial charge on any atom is 0.141 e. The first kappa shape index (κ1) is 15.2. The van der Waals surface area contributed by atoms with Crippen molar-refractivity contribution in [3.8, 4) is 5.75 Å². The van der Waals surface area contributed by atoms with Crippen LogP contribution in [0.1, 0.15) is 36.6 Å². The molecule has 0 aromatic carbocycles. The molecule has 2 heterocycles. The van der Waals surface area contributed by atoms with Gasteiger partial charge in [-0.05, 0) is 25.2 Å². The Morgan fingerprint density at radius 2 is 2.10 bits per heavy atom. The summed E-state index contributed by atoms with van der Waals surface area (Å²) in [5, 5.41) is 22.8. The van der Waals surface area contributed by atoms with Gasteiger partial charge in [-0.3, -0.25) is 4.98 Å². The molecular weight excluding hydrogens is 256 g/mol. The highest BCUT2D eigenvalue weighted by molar-refractivity contribution is 5.40. The van der Waals surface area contributed by atoms with Crippen LogP contribution in [0.5, 0.6) is 5.75 Å². The van der Waals surface area contributed by atoms with Crippen LogP contribution in [0.15, 0.2) is 6.20 Å². The van der Waals surface area contributed by atoms with Crippen molar-refractivity contribution in [1.29, 1.82) is 0 Å². The average Bonchev–Trinajstić information content (AvgIpc) is 2.44. The summed E-state index contributed by atoms with van der Waals surface area (Å²) >= 11 is 0. The quantitative estimate of drug-likeness (QED) is 0.762. The third-order valence-electron chi connectivity index (χ3n) is 4.15. The molecule has 0 saturated carbocycles. The topological polar surface area (TPSA) is 74.6 Å². The van der Waals surface area contributed by atoms with Crippen molar-refractivity contribution in [3.05, 3.63) is 23.0 Å². The molecule has 112 valence electrons. The van der Waals surface area contributed by atoms with E-state index in [-0.39, 0.29) is 17.8 Å². The number of aromatic hydroxyl groups is 1. The van der Waals surface area contributed by atoms with Crippen molar-refractivity contribution < 1.29 is 14.9 Å². The van der Waals surface area contributed by atoms with Crippen LogP contribution in [-0.4, -0.2) is 35.0 Å². The van der Waals surface area contributed by atoms with Crippen LogP contribution in [-0.2, 0) is 17.9 Å². The SMILES string of the molecule is Cc1ncc(CO)c(CNCC2(C)CCOCC2)c1O. The predicted octanol–water partition coefficient (Wildman–Crippen LogP) is 1.49. The van der Waals surface area contributed by atoms with Crippen LogP contribution in [0, 0.1) is 12.3 Å². The second-order valence-corrected chi connectivity index (χ2v) is 5.88. The fourth-order valence-electron chi connectivity index (χ4n) is 2.55. The standard InChI is InChI=1S/C15H24N2O3/c1-11-14(19)13(12(9-18)7-17-11)8-16-10-15(2)3-5-20-6-4-15/h7,16,18-19H,3-6,8-10H2,1-2H3. The van der Waals surface area contributed by atoms with Crippen molar-refractivity contribution in [2.45, 2.75) is 39.8 Å². The van der Waals surface area contributed by atoms with Crippen LogP contribution < -0.4 is 5.32 Å². The molecule has 0 aliphatic carbocycles. The van der Waals surface area contributed by atoms with E-state index in [1.807, 2.05) is 0 Å². The van der Waals surface area contributed by atoms with Gasteiger partial charge in [0.1, 0.15) is 5.75 Å². The smallest absolute Gasteiger partial charge is 0.141 e. The number of aliphatic hydroxyl groups is 1. The van der Waals surface area contributed by atoms with E-state index in [1.54, 1.807) is 13.1 Å². The summed E-state index contributed by atoms with van der Waals surface area (Å²) in [5.41, 5.74) is 2.26. The normalized spacial score (nSPS) is 18.1. The zero-order valence-electron chi connectivity index (χ0n) is 12.3. The largest absolute Gasteiger partial charge is 0.506 e. The molecule has 1 aromatic rings. The summed E-state index contributed by atoms with van der Waals surface area (Å²) in [5.74, 6) is 0.182. The molecule has 5 heteroatoms. The molecule has 0 spiro atoms. The Bertz CT molecular complexity index is 457. The van der Waals surface area contributed by atoms with Crippen molar-refractivity contribution >= 4 is 0 Å². The highest BCUT2D eigenvalue weighted by Crippen LogP contribution is 2.29. The van der Waals surface area contributed by atoms with Crippen molar-refractivity contribution in [2.24, 2.45) is 5.41 Å². The zero-order chi connectivity index (χ0) is 14.6. The van der Waals surface area contributed by atoms with Gasteiger partial charge in [0.25, 0.3) is 0 Å². The van der Waals surface area contributed by atoms with E-state index in [2.05, 4.69) is 17.2 Å². The molecular formula is C15H24N2O3. The second-order valence-electron chi connectivity index (χ2n) is 5.88. The summed E-state index contributed by atoms with van der Waals surface area (Å²) in [6.45, 7) is 6.97. The Kier molecular flexibility index (Phi) is 4.96. The Labute approximate surface area is 120 Å². The molecule has 20 heavy (non-hydrogen) atoms. The minimum Gasteiger partial charge on any atom is -0.506 e. The van der Waals surface area contributed by atoms with E-state index < -0.39 is 0 Å². The van der Waals surface area contributed by atoms with Crippen LogP contribution in [0.2, 0.25) is 0 Å². The Morgan fingerprint density at radius 1 is 1.40 bits per heavy atom. The third-order valence-corrected chi connectivity index (χ3v) is 4.15. The minimum absolute atomic E-state index is 0.108. The van der Waals surface area contributed by atoms with Gasteiger partial charge < -0.3 is 20.3 Å². The lowest BCUT2D eigenvalue weighted by Crippen LogP contribution is -2.36. The van der Waals surface area contributed by atoms with Crippen LogP contribution in [0.4, 0.5) is 0 Å². The van der Waals surface area contributed by atoms with Gasteiger partial charge in [0.05, 0.1) is 12.3 Å². The molecule has 3 N–H and O–H groups in total. The lowest BCUT2D eigenvalue weighted by Gasteiger charge is -2.33. The Balaban J connectivity index is 1.98. The summed E-state index contributed by atoms with van der Waals surface area (Å²) in [6, 6.07) is 0. The third kappa shape index (κ3) is 3.48. The highest BCUT2D eigenvalue weighted by atomic mass is 16.5. The van der Waals surface area contributed by atoms with E-state index in [0.717, 1.165) is 38.2 Å². The fraction of sp³-hybridized carbons (Fsp3) is 0.667. The van der Waals surface area contributed by atoms with Gasteiger partial charge in [-0.15, -0.1) is 0 Å². The van der Waals surface area contributed by atoms with Gasteiger partial charge in [0, 0.05) is 43.6 Å². The number of hydrogen-bond acceptors (Lipinski definition) is 5. The molecule has 0 radical (unpaired) electrons. The molecule has 0 bridgehead atoms. The maximum atomic E-state index is 10.1. The van der Waals surface area contributed by atoms with Crippen molar-refractivity contribution in [2.75, 3.05) is 19.8 Å². The number of hydrogen-bond donors (Lipinski definition) is 3. The van der Waals surface area contributed by atoms with Crippen LogP contribution >= 0.6 is 0 Å². The number of pyridine rings is 1. The van der Waals surface area contributed by atoms with Gasteiger partial charge in [-0.1, -0.05) is 6.92 Å². The molecule has 1 aliphatic heterocycles. The molecule has 1 fully saturated rings. The number of aromatic nitrogens is 1.